The zero-order valence-corrected chi connectivity index (χ0v) is 10.1. The van der Waals surface area contributed by atoms with Crippen LogP contribution in [0.25, 0.3) is 0 Å². The molecule has 1 unspecified atom stereocenters. The van der Waals surface area contributed by atoms with Crippen LogP contribution in [0.2, 0.25) is 0 Å². The summed E-state index contributed by atoms with van der Waals surface area (Å²) < 4.78 is 0. The SMILES string of the molecule is CC(C)N1CC=CC(c2ccc(O)cc2)C1=O. The van der Waals surface area contributed by atoms with Gasteiger partial charge in [-0.1, -0.05) is 24.3 Å². The Bertz CT molecular complexity index is 434. The van der Waals surface area contributed by atoms with Gasteiger partial charge in [-0.2, -0.15) is 0 Å². The number of phenols is 1. The predicted octanol–water partition coefficient (Wildman–Crippen LogP) is 2.28. The second-order valence-electron chi connectivity index (χ2n) is 4.58. The molecule has 3 nitrogen and oxygen atoms in total. The maximum absolute atomic E-state index is 12.3. The first kappa shape index (κ1) is 11.7. The van der Waals surface area contributed by atoms with Crippen LogP contribution in [-0.4, -0.2) is 28.5 Å². The Hall–Kier alpha value is -1.77. The van der Waals surface area contributed by atoms with Gasteiger partial charge in [-0.15, -0.1) is 0 Å². The summed E-state index contributed by atoms with van der Waals surface area (Å²) in [7, 11) is 0. The molecule has 0 spiro atoms. The van der Waals surface area contributed by atoms with Gasteiger partial charge in [0.15, 0.2) is 0 Å². The summed E-state index contributed by atoms with van der Waals surface area (Å²) >= 11 is 0. The molecule has 1 aromatic carbocycles. The third-order valence-electron chi connectivity index (χ3n) is 3.06. The Balaban J connectivity index is 2.27. The van der Waals surface area contributed by atoms with Gasteiger partial charge >= 0.3 is 0 Å². The normalized spacial score (nSPS) is 20.1. The molecule has 1 N–H and O–H groups in total. The van der Waals surface area contributed by atoms with Crippen LogP contribution in [0.3, 0.4) is 0 Å². The third-order valence-corrected chi connectivity index (χ3v) is 3.06. The first-order chi connectivity index (χ1) is 8.09. The molecular formula is C14H17NO2. The highest BCUT2D eigenvalue weighted by molar-refractivity contribution is 5.87. The maximum Gasteiger partial charge on any atom is 0.234 e. The summed E-state index contributed by atoms with van der Waals surface area (Å²) in [5, 5.41) is 9.25. The fourth-order valence-electron chi connectivity index (χ4n) is 2.06. The second kappa shape index (κ2) is 4.62. The minimum absolute atomic E-state index is 0.133. The van der Waals surface area contributed by atoms with E-state index < -0.39 is 0 Å². The topological polar surface area (TPSA) is 40.5 Å². The lowest BCUT2D eigenvalue weighted by molar-refractivity contribution is -0.133. The van der Waals surface area contributed by atoms with Gasteiger partial charge in [-0.05, 0) is 31.5 Å². The van der Waals surface area contributed by atoms with Crippen molar-refractivity contribution < 1.29 is 9.90 Å². The Labute approximate surface area is 101 Å². The molecule has 0 saturated carbocycles. The third kappa shape index (κ3) is 2.33. The lowest BCUT2D eigenvalue weighted by Crippen LogP contribution is -2.42. The highest BCUT2D eigenvalue weighted by Gasteiger charge is 2.27. The predicted molar refractivity (Wildman–Crippen MR) is 66.8 cm³/mol. The summed E-state index contributed by atoms with van der Waals surface area (Å²) in [5.41, 5.74) is 0.925. The Morgan fingerprint density at radius 1 is 1.29 bits per heavy atom. The van der Waals surface area contributed by atoms with Crippen molar-refractivity contribution in [1.82, 2.24) is 4.90 Å². The number of aromatic hydroxyl groups is 1. The van der Waals surface area contributed by atoms with Crippen LogP contribution < -0.4 is 0 Å². The number of phenolic OH excluding ortho intramolecular Hbond substituents is 1. The number of carbonyl (C=O) groups excluding carboxylic acids is 1. The van der Waals surface area contributed by atoms with Gasteiger partial charge < -0.3 is 10.0 Å². The minimum atomic E-state index is -0.216. The van der Waals surface area contributed by atoms with Crippen molar-refractivity contribution in [2.24, 2.45) is 0 Å². The number of hydrogen-bond donors (Lipinski definition) is 1. The molecule has 0 fully saturated rings. The van der Waals surface area contributed by atoms with E-state index in [1.165, 1.54) is 0 Å². The monoisotopic (exact) mass is 231 g/mol. The van der Waals surface area contributed by atoms with E-state index in [0.29, 0.717) is 6.54 Å². The van der Waals surface area contributed by atoms with Crippen molar-refractivity contribution in [3.8, 4) is 5.75 Å². The smallest absolute Gasteiger partial charge is 0.234 e. The van der Waals surface area contributed by atoms with E-state index in [2.05, 4.69) is 0 Å². The number of amides is 1. The zero-order chi connectivity index (χ0) is 12.4. The Morgan fingerprint density at radius 3 is 2.53 bits per heavy atom. The van der Waals surface area contributed by atoms with Gasteiger partial charge in [-0.25, -0.2) is 0 Å². The highest BCUT2D eigenvalue weighted by atomic mass is 16.3. The standard InChI is InChI=1S/C14H17NO2/c1-10(2)15-9-3-4-13(14(15)17)11-5-7-12(16)8-6-11/h3-8,10,13,16H,9H2,1-2H3. The van der Waals surface area contributed by atoms with Crippen molar-refractivity contribution >= 4 is 5.91 Å². The quantitative estimate of drug-likeness (QED) is 0.793. The molecule has 1 heterocycles. The Morgan fingerprint density at radius 2 is 1.94 bits per heavy atom. The molecule has 1 aliphatic rings. The van der Waals surface area contributed by atoms with Crippen molar-refractivity contribution in [2.45, 2.75) is 25.8 Å². The van der Waals surface area contributed by atoms with Crippen LogP contribution in [0, 0.1) is 0 Å². The fourth-order valence-corrected chi connectivity index (χ4v) is 2.06. The molecule has 0 radical (unpaired) electrons. The van der Waals surface area contributed by atoms with Crippen LogP contribution >= 0.6 is 0 Å². The summed E-state index contributed by atoms with van der Waals surface area (Å²) in [4.78, 5) is 14.1. The second-order valence-corrected chi connectivity index (χ2v) is 4.58. The fraction of sp³-hybridized carbons (Fsp3) is 0.357. The number of nitrogens with zero attached hydrogens (tertiary/aromatic N) is 1. The van der Waals surface area contributed by atoms with E-state index in [1.54, 1.807) is 24.3 Å². The van der Waals surface area contributed by atoms with Gasteiger partial charge in [0.25, 0.3) is 0 Å². The zero-order valence-electron chi connectivity index (χ0n) is 10.1. The maximum atomic E-state index is 12.3. The van der Waals surface area contributed by atoms with E-state index >= 15 is 0 Å². The molecule has 1 atom stereocenters. The molecule has 0 aliphatic carbocycles. The molecule has 1 aliphatic heterocycles. The summed E-state index contributed by atoms with van der Waals surface area (Å²) in [6, 6.07) is 7.04. The Kier molecular flexibility index (Phi) is 3.18. The first-order valence-electron chi connectivity index (χ1n) is 5.85. The summed E-state index contributed by atoms with van der Waals surface area (Å²) in [5.74, 6) is 0.140. The largest absolute Gasteiger partial charge is 0.508 e. The van der Waals surface area contributed by atoms with E-state index in [4.69, 9.17) is 0 Å². The summed E-state index contributed by atoms with van der Waals surface area (Å²) in [6.45, 7) is 4.72. The number of benzene rings is 1. The van der Waals surface area contributed by atoms with Crippen molar-refractivity contribution in [1.29, 1.82) is 0 Å². The lowest BCUT2D eigenvalue weighted by Gasteiger charge is -2.32. The summed E-state index contributed by atoms with van der Waals surface area (Å²) in [6.07, 6.45) is 3.96. The number of hydrogen-bond acceptors (Lipinski definition) is 2. The molecule has 0 saturated heterocycles. The van der Waals surface area contributed by atoms with Gasteiger partial charge in [0.1, 0.15) is 5.75 Å². The van der Waals surface area contributed by atoms with E-state index in [9.17, 15) is 9.90 Å². The van der Waals surface area contributed by atoms with E-state index in [-0.39, 0.29) is 23.6 Å². The number of rotatable bonds is 2. The molecule has 1 aromatic rings. The lowest BCUT2D eigenvalue weighted by atomic mass is 9.94. The van der Waals surface area contributed by atoms with Crippen LogP contribution in [0.1, 0.15) is 25.3 Å². The molecule has 0 bridgehead atoms. The molecule has 2 rings (SSSR count). The average molecular weight is 231 g/mol. The van der Waals surface area contributed by atoms with Crippen molar-refractivity contribution in [3.05, 3.63) is 42.0 Å². The van der Waals surface area contributed by atoms with Gasteiger partial charge in [0.2, 0.25) is 5.91 Å². The van der Waals surface area contributed by atoms with Gasteiger partial charge in [0, 0.05) is 12.6 Å². The van der Waals surface area contributed by atoms with Gasteiger partial charge in [-0.3, -0.25) is 4.79 Å². The van der Waals surface area contributed by atoms with Crippen molar-refractivity contribution in [3.63, 3.8) is 0 Å². The molecular weight excluding hydrogens is 214 g/mol. The van der Waals surface area contributed by atoms with Gasteiger partial charge in [0.05, 0.1) is 5.92 Å². The van der Waals surface area contributed by atoms with E-state index in [0.717, 1.165) is 5.56 Å². The minimum Gasteiger partial charge on any atom is -0.508 e. The highest BCUT2D eigenvalue weighted by Crippen LogP contribution is 2.25. The van der Waals surface area contributed by atoms with Crippen LogP contribution in [0.5, 0.6) is 5.75 Å². The van der Waals surface area contributed by atoms with Crippen LogP contribution in [-0.2, 0) is 4.79 Å². The van der Waals surface area contributed by atoms with Crippen molar-refractivity contribution in [2.75, 3.05) is 6.54 Å². The average Bonchev–Trinajstić information content (AvgIpc) is 2.30. The van der Waals surface area contributed by atoms with Crippen LogP contribution in [0.4, 0.5) is 0 Å². The van der Waals surface area contributed by atoms with Crippen LogP contribution in [0.15, 0.2) is 36.4 Å². The molecule has 0 aromatic heterocycles. The first-order valence-corrected chi connectivity index (χ1v) is 5.85. The molecule has 17 heavy (non-hydrogen) atoms. The molecule has 3 heteroatoms. The molecule has 90 valence electrons. The molecule has 1 amide bonds. The number of carbonyl (C=O) groups is 1. The van der Waals surface area contributed by atoms with E-state index in [1.807, 2.05) is 30.9 Å².